The molecule has 3 nitrogen and oxygen atoms in total. The molecule has 0 aliphatic carbocycles. The summed E-state index contributed by atoms with van der Waals surface area (Å²) in [4.78, 5) is 14.2. The highest BCUT2D eigenvalue weighted by Crippen LogP contribution is 2.16. The standard InChI is InChI=1S/C25H45NO2/c1-3-4-5-6-7-8-9-10-11-12-13-14-15-16-17-18-25(27)28-23-24-19-21-26(2)22-20-24/h7-8,10-11,24H,3-6,9,12-23H2,1-2H3/b8-7-,11-10-. The molecule has 1 fully saturated rings. The van der Waals surface area contributed by atoms with E-state index in [1.807, 2.05) is 0 Å². The third-order valence-corrected chi connectivity index (χ3v) is 5.65. The lowest BCUT2D eigenvalue weighted by atomic mass is 9.98. The van der Waals surface area contributed by atoms with Gasteiger partial charge in [-0.25, -0.2) is 0 Å². The first kappa shape index (κ1) is 24.9. The van der Waals surface area contributed by atoms with Crippen molar-refractivity contribution in [3.63, 3.8) is 0 Å². The zero-order chi connectivity index (χ0) is 20.3. The minimum atomic E-state index is 0.00427. The van der Waals surface area contributed by atoms with Crippen LogP contribution in [-0.2, 0) is 9.53 Å². The molecule has 1 rings (SSSR count). The van der Waals surface area contributed by atoms with Gasteiger partial charge in [0, 0.05) is 6.42 Å². The Morgan fingerprint density at radius 2 is 1.50 bits per heavy atom. The van der Waals surface area contributed by atoms with Crippen LogP contribution < -0.4 is 0 Å². The van der Waals surface area contributed by atoms with Crippen LogP contribution in [0.2, 0.25) is 0 Å². The second-order valence-corrected chi connectivity index (χ2v) is 8.41. The van der Waals surface area contributed by atoms with Crippen LogP contribution in [0.1, 0.15) is 96.8 Å². The molecule has 28 heavy (non-hydrogen) atoms. The fraction of sp³-hybridized carbons (Fsp3) is 0.800. The van der Waals surface area contributed by atoms with Gasteiger partial charge in [-0.2, -0.15) is 0 Å². The van der Waals surface area contributed by atoms with Crippen LogP contribution in [0.5, 0.6) is 0 Å². The van der Waals surface area contributed by atoms with Crippen LogP contribution in [0.15, 0.2) is 24.3 Å². The van der Waals surface area contributed by atoms with Gasteiger partial charge in [0.2, 0.25) is 0 Å². The van der Waals surface area contributed by atoms with Crippen molar-refractivity contribution < 1.29 is 9.53 Å². The molecular formula is C25H45NO2. The lowest BCUT2D eigenvalue weighted by Gasteiger charge is -2.28. The van der Waals surface area contributed by atoms with Gasteiger partial charge >= 0.3 is 5.97 Å². The maximum absolute atomic E-state index is 11.8. The van der Waals surface area contributed by atoms with Crippen LogP contribution in [-0.4, -0.2) is 37.6 Å². The minimum Gasteiger partial charge on any atom is -0.465 e. The summed E-state index contributed by atoms with van der Waals surface area (Å²) < 4.78 is 5.46. The largest absolute Gasteiger partial charge is 0.465 e. The number of nitrogens with zero attached hydrogens (tertiary/aromatic N) is 1. The average molecular weight is 392 g/mol. The number of esters is 1. The summed E-state index contributed by atoms with van der Waals surface area (Å²) in [6.45, 7) is 5.14. The molecule has 3 heteroatoms. The lowest BCUT2D eigenvalue weighted by molar-refractivity contribution is -0.145. The van der Waals surface area contributed by atoms with E-state index in [0.717, 1.165) is 45.2 Å². The molecule has 1 aliphatic rings. The molecule has 0 N–H and O–H groups in total. The van der Waals surface area contributed by atoms with E-state index in [0.29, 0.717) is 18.9 Å². The Hall–Kier alpha value is -1.09. The van der Waals surface area contributed by atoms with Gasteiger partial charge in [0.1, 0.15) is 0 Å². The van der Waals surface area contributed by atoms with E-state index in [1.165, 1.54) is 51.4 Å². The number of likely N-dealkylation sites (tertiary alicyclic amines) is 1. The molecule has 0 atom stereocenters. The molecule has 0 aromatic rings. The summed E-state index contributed by atoms with van der Waals surface area (Å²) in [5.41, 5.74) is 0. The molecule has 0 aromatic carbocycles. The Morgan fingerprint density at radius 3 is 2.18 bits per heavy atom. The Morgan fingerprint density at radius 1 is 0.893 bits per heavy atom. The number of ether oxygens (including phenoxy) is 1. The lowest BCUT2D eigenvalue weighted by Crippen LogP contribution is -2.32. The van der Waals surface area contributed by atoms with Crippen LogP contribution in [0.25, 0.3) is 0 Å². The van der Waals surface area contributed by atoms with Gasteiger partial charge in [-0.15, -0.1) is 0 Å². The molecule has 1 heterocycles. The van der Waals surface area contributed by atoms with Crippen molar-refractivity contribution in [3.8, 4) is 0 Å². The third-order valence-electron chi connectivity index (χ3n) is 5.65. The third kappa shape index (κ3) is 14.9. The number of unbranched alkanes of at least 4 members (excludes halogenated alkanes) is 8. The van der Waals surface area contributed by atoms with Crippen LogP contribution in [0.3, 0.4) is 0 Å². The fourth-order valence-corrected chi connectivity index (χ4v) is 3.59. The van der Waals surface area contributed by atoms with Crippen LogP contribution >= 0.6 is 0 Å². The molecule has 0 amide bonds. The highest BCUT2D eigenvalue weighted by molar-refractivity contribution is 5.69. The molecule has 0 spiro atoms. The molecule has 0 aromatic heterocycles. The number of carbonyl (C=O) groups is 1. The van der Waals surface area contributed by atoms with Gasteiger partial charge in [0.25, 0.3) is 0 Å². The monoisotopic (exact) mass is 391 g/mol. The molecule has 0 radical (unpaired) electrons. The van der Waals surface area contributed by atoms with Crippen molar-refractivity contribution in [3.05, 3.63) is 24.3 Å². The first-order valence-electron chi connectivity index (χ1n) is 11.9. The topological polar surface area (TPSA) is 29.5 Å². The van der Waals surface area contributed by atoms with Gasteiger partial charge in [-0.1, -0.05) is 63.3 Å². The van der Waals surface area contributed by atoms with Gasteiger partial charge < -0.3 is 9.64 Å². The van der Waals surface area contributed by atoms with E-state index < -0.39 is 0 Å². The molecule has 0 bridgehead atoms. The summed E-state index contributed by atoms with van der Waals surface area (Å²) in [6, 6.07) is 0. The predicted octanol–water partition coefficient (Wildman–Crippen LogP) is 6.68. The normalized spacial score (nSPS) is 16.4. The number of rotatable bonds is 16. The first-order chi connectivity index (χ1) is 13.7. The van der Waals surface area contributed by atoms with Crippen molar-refractivity contribution in [1.82, 2.24) is 4.90 Å². The van der Waals surface area contributed by atoms with E-state index in [1.54, 1.807) is 0 Å². The molecular weight excluding hydrogens is 346 g/mol. The average Bonchev–Trinajstić information content (AvgIpc) is 2.70. The summed E-state index contributed by atoms with van der Waals surface area (Å²) in [7, 11) is 2.16. The Bertz CT molecular complexity index is 422. The summed E-state index contributed by atoms with van der Waals surface area (Å²) in [5, 5.41) is 0. The van der Waals surface area contributed by atoms with Gasteiger partial charge in [-0.05, 0) is 77.4 Å². The van der Waals surface area contributed by atoms with E-state index in [2.05, 4.69) is 43.2 Å². The second kappa shape index (κ2) is 18.0. The highest BCUT2D eigenvalue weighted by atomic mass is 16.5. The van der Waals surface area contributed by atoms with E-state index in [4.69, 9.17) is 4.74 Å². The maximum Gasteiger partial charge on any atom is 0.305 e. The molecule has 1 saturated heterocycles. The quantitative estimate of drug-likeness (QED) is 0.167. The fourth-order valence-electron chi connectivity index (χ4n) is 3.59. The number of hydrogen-bond donors (Lipinski definition) is 0. The Labute approximate surface area is 174 Å². The SMILES string of the molecule is CCCCC/C=C\C/C=C\CCCCCCCC(=O)OCC1CCN(C)CC1. The highest BCUT2D eigenvalue weighted by Gasteiger charge is 2.18. The van der Waals surface area contributed by atoms with Crippen molar-refractivity contribution in [2.24, 2.45) is 5.92 Å². The van der Waals surface area contributed by atoms with Crippen molar-refractivity contribution in [2.75, 3.05) is 26.7 Å². The number of hydrogen-bond acceptors (Lipinski definition) is 3. The number of piperidine rings is 1. The Kier molecular flexibility index (Phi) is 16.0. The molecule has 162 valence electrons. The zero-order valence-corrected chi connectivity index (χ0v) is 18.7. The summed E-state index contributed by atoms with van der Waals surface area (Å²) in [5.74, 6) is 0.578. The first-order valence-corrected chi connectivity index (χ1v) is 11.9. The molecule has 0 saturated carbocycles. The second-order valence-electron chi connectivity index (χ2n) is 8.41. The van der Waals surface area contributed by atoms with E-state index in [9.17, 15) is 4.79 Å². The van der Waals surface area contributed by atoms with Gasteiger partial charge in [-0.3, -0.25) is 4.79 Å². The predicted molar refractivity (Wildman–Crippen MR) is 121 cm³/mol. The zero-order valence-electron chi connectivity index (χ0n) is 18.7. The molecule has 1 aliphatic heterocycles. The van der Waals surface area contributed by atoms with Crippen molar-refractivity contribution in [2.45, 2.75) is 96.8 Å². The summed E-state index contributed by atoms with van der Waals surface area (Å²) in [6.07, 6.45) is 25.5. The number of allylic oxidation sites excluding steroid dienone is 4. The van der Waals surface area contributed by atoms with Gasteiger partial charge in [0.05, 0.1) is 6.61 Å². The minimum absolute atomic E-state index is 0.00427. The maximum atomic E-state index is 11.8. The summed E-state index contributed by atoms with van der Waals surface area (Å²) >= 11 is 0. The van der Waals surface area contributed by atoms with Crippen molar-refractivity contribution >= 4 is 5.97 Å². The van der Waals surface area contributed by atoms with Crippen molar-refractivity contribution in [1.29, 1.82) is 0 Å². The molecule has 0 unspecified atom stereocenters. The Balaban J connectivity index is 1.83. The van der Waals surface area contributed by atoms with Crippen LogP contribution in [0.4, 0.5) is 0 Å². The van der Waals surface area contributed by atoms with E-state index in [-0.39, 0.29) is 5.97 Å². The smallest absolute Gasteiger partial charge is 0.305 e. The van der Waals surface area contributed by atoms with E-state index >= 15 is 0 Å². The van der Waals surface area contributed by atoms with Crippen LogP contribution in [0, 0.1) is 5.92 Å². The van der Waals surface area contributed by atoms with Gasteiger partial charge in [0.15, 0.2) is 0 Å². The number of carbonyl (C=O) groups excluding carboxylic acids is 1.